The minimum atomic E-state index is -4.49. The molecule has 146 valence electrons. The second-order valence-corrected chi connectivity index (χ2v) is 7.58. The molecule has 0 radical (unpaired) electrons. The molecule has 3 aromatic rings. The Morgan fingerprint density at radius 1 is 1.03 bits per heavy atom. The highest BCUT2D eigenvalue weighted by molar-refractivity contribution is 7.73. The van der Waals surface area contributed by atoms with Gasteiger partial charge in [-0.1, -0.05) is 30.3 Å². The highest BCUT2D eigenvalue weighted by Crippen LogP contribution is 2.34. The number of hydrogen-bond acceptors (Lipinski definition) is 7. The van der Waals surface area contributed by atoms with E-state index < -0.39 is 11.7 Å². The first kappa shape index (κ1) is 19.2. The summed E-state index contributed by atoms with van der Waals surface area (Å²) in [5, 5.41) is 26.5. The number of alkyl halides is 3. The molecule has 0 atom stereocenters. The third kappa shape index (κ3) is 3.87. The molecule has 29 heavy (non-hydrogen) atoms. The Morgan fingerprint density at radius 2 is 1.72 bits per heavy atom. The van der Waals surface area contributed by atoms with Gasteiger partial charge in [-0.2, -0.15) is 13.2 Å². The smallest absolute Gasteiger partial charge is 0.416 e. The molecular weight excluding hydrogens is 423 g/mol. The number of hydrogen-bond donors (Lipinski definition) is 1. The van der Waals surface area contributed by atoms with E-state index in [9.17, 15) is 18.3 Å². The highest BCUT2D eigenvalue weighted by atomic mass is 32.1. The summed E-state index contributed by atoms with van der Waals surface area (Å²) in [6, 6.07) is 11.7. The van der Waals surface area contributed by atoms with Gasteiger partial charge >= 0.3 is 6.18 Å². The van der Waals surface area contributed by atoms with Gasteiger partial charge in [-0.15, -0.1) is 21.6 Å². The van der Waals surface area contributed by atoms with E-state index in [1.807, 2.05) is 0 Å². The Kier molecular flexibility index (Phi) is 4.84. The molecule has 1 aliphatic rings. The van der Waals surface area contributed by atoms with Crippen molar-refractivity contribution >= 4 is 35.5 Å². The van der Waals surface area contributed by atoms with Crippen molar-refractivity contribution in [1.82, 2.24) is 4.57 Å². The predicted molar refractivity (Wildman–Crippen MR) is 104 cm³/mol. The number of halogens is 3. The van der Waals surface area contributed by atoms with Crippen LogP contribution in [0.5, 0.6) is 5.88 Å². The lowest BCUT2D eigenvalue weighted by molar-refractivity contribution is -0.137. The monoisotopic (exact) mass is 433 g/mol. The molecule has 0 saturated heterocycles. The number of thiazole rings is 1. The van der Waals surface area contributed by atoms with Crippen molar-refractivity contribution in [3.63, 3.8) is 0 Å². The summed E-state index contributed by atoms with van der Waals surface area (Å²) < 4.78 is 40.4. The minimum absolute atomic E-state index is 0.141. The van der Waals surface area contributed by atoms with Crippen LogP contribution in [-0.4, -0.2) is 9.67 Å². The van der Waals surface area contributed by atoms with Gasteiger partial charge in [-0.25, -0.2) is 0 Å². The van der Waals surface area contributed by atoms with Gasteiger partial charge in [0.25, 0.3) is 0 Å². The van der Waals surface area contributed by atoms with Crippen LogP contribution in [0.3, 0.4) is 0 Å². The van der Waals surface area contributed by atoms with Crippen molar-refractivity contribution in [2.45, 2.75) is 6.18 Å². The maximum absolute atomic E-state index is 13.0. The molecule has 1 aliphatic heterocycles. The Labute approximate surface area is 170 Å². The summed E-state index contributed by atoms with van der Waals surface area (Å²) in [6.45, 7) is 0. The van der Waals surface area contributed by atoms with Gasteiger partial charge in [0.2, 0.25) is 11.7 Å². The number of benzene rings is 2. The van der Waals surface area contributed by atoms with Crippen LogP contribution in [-0.2, 0) is 6.18 Å². The molecule has 6 nitrogen and oxygen atoms in total. The summed E-state index contributed by atoms with van der Waals surface area (Å²) >= 11 is 6.35. The van der Waals surface area contributed by atoms with E-state index in [0.717, 1.165) is 33.9 Å². The van der Waals surface area contributed by atoms with Gasteiger partial charge in [0, 0.05) is 5.22 Å². The first-order chi connectivity index (χ1) is 13.8. The Morgan fingerprint density at radius 3 is 2.38 bits per heavy atom. The fraction of sp³-hybridized carbons (Fsp3) is 0.0556. The van der Waals surface area contributed by atoms with Crippen molar-refractivity contribution in [2.75, 3.05) is 0 Å². The maximum atomic E-state index is 13.0. The summed E-state index contributed by atoms with van der Waals surface area (Å²) in [5.41, 5.74) is -0.677. The number of aromatic nitrogens is 1. The average molecular weight is 433 g/mol. The molecule has 0 unspecified atom stereocenters. The lowest BCUT2D eigenvalue weighted by Crippen LogP contribution is -2.08. The Bertz CT molecular complexity index is 1300. The van der Waals surface area contributed by atoms with Gasteiger partial charge in [-0.3, -0.25) is 4.57 Å². The van der Waals surface area contributed by atoms with Crippen LogP contribution >= 0.6 is 23.6 Å². The topological polar surface area (TPSA) is 74.6 Å². The molecular formula is C18H10F3N5OS2. The van der Waals surface area contributed by atoms with Gasteiger partial charge < -0.3 is 5.11 Å². The molecule has 0 bridgehead atoms. The molecule has 1 aromatic heterocycles. The zero-order valence-corrected chi connectivity index (χ0v) is 16.0. The van der Waals surface area contributed by atoms with Gasteiger partial charge in [-0.05, 0) is 52.2 Å². The molecule has 0 aliphatic carbocycles. The first-order valence-electron chi connectivity index (χ1n) is 8.09. The zero-order chi connectivity index (χ0) is 20.6. The van der Waals surface area contributed by atoms with E-state index in [1.54, 1.807) is 30.3 Å². The van der Waals surface area contributed by atoms with Crippen molar-refractivity contribution < 1.29 is 18.3 Å². The molecule has 0 fully saturated rings. The lowest BCUT2D eigenvalue weighted by Gasteiger charge is -2.10. The SMILES string of the molecule is Oc1c(C=c2ccc(=C3N=NN=N3)cc2)sc(=S)n1-c1cccc(C(F)(F)F)c1. The zero-order valence-electron chi connectivity index (χ0n) is 14.3. The largest absolute Gasteiger partial charge is 0.493 e. The number of rotatable bonds is 2. The van der Waals surface area contributed by atoms with Crippen LogP contribution in [0, 0.1) is 3.95 Å². The van der Waals surface area contributed by atoms with Crippen molar-refractivity contribution in [3.8, 4) is 11.6 Å². The number of aromatic hydroxyl groups is 1. The fourth-order valence-corrected chi connectivity index (χ4v) is 3.98. The van der Waals surface area contributed by atoms with Gasteiger partial charge in [0.1, 0.15) is 0 Å². The van der Waals surface area contributed by atoms with E-state index >= 15 is 0 Å². The molecule has 2 heterocycles. The highest BCUT2D eigenvalue weighted by Gasteiger charge is 2.30. The van der Waals surface area contributed by atoms with E-state index in [0.29, 0.717) is 10.7 Å². The van der Waals surface area contributed by atoms with E-state index in [4.69, 9.17) is 12.2 Å². The maximum Gasteiger partial charge on any atom is 0.416 e. The molecule has 4 rings (SSSR count). The second-order valence-electron chi connectivity index (χ2n) is 5.91. The van der Waals surface area contributed by atoms with Crippen molar-refractivity contribution in [2.24, 2.45) is 20.7 Å². The number of nitrogens with zero attached hydrogens (tertiary/aromatic N) is 5. The third-order valence-electron chi connectivity index (χ3n) is 4.03. The molecule has 0 spiro atoms. The van der Waals surface area contributed by atoms with Crippen LogP contribution < -0.4 is 10.4 Å². The normalized spacial score (nSPS) is 13.3. The first-order valence-corrected chi connectivity index (χ1v) is 9.32. The van der Waals surface area contributed by atoms with Crippen molar-refractivity contribution in [3.05, 3.63) is 73.4 Å². The summed E-state index contributed by atoms with van der Waals surface area (Å²) in [5.74, 6) is 0.168. The van der Waals surface area contributed by atoms with Crippen LogP contribution in [0.4, 0.5) is 13.2 Å². The van der Waals surface area contributed by atoms with E-state index in [2.05, 4.69) is 20.7 Å². The van der Waals surface area contributed by atoms with Crippen LogP contribution in [0.1, 0.15) is 10.4 Å². The third-order valence-corrected chi connectivity index (χ3v) is 5.34. The Hall–Kier alpha value is -3.18. The molecule has 11 heteroatoms. The van der Waals surface area contributed by atoms with Gasteiger partial charge in [0.15, 0.2) is 3.95 Å². The fourth-order valence-electron chi connectivity index (χ4n) is 2.67. The van der Waals surface area contributed by atoms with Crippen LogP contribution in [0.25, 0.3) is 17.6 Å². The molecule has 1 N–H and O–H groups in total. The molecule has 0 saturated carbocycles. The lowest BCUT2D eigenvalue weighted by atomic mass is 10.2. The quantitative estimate of drug-likeness (QED) is 0.594. The van der Waals surface area contributed by atoms with E-state index in [-0.39, 0.29) is 15.5 Å². The van der Waals surface area contributed by atoms with E-state index in [1.165, 1.54) is 16.7 Å². The summed E-state index contributed by atoms with van der Waals surface area (Å²) in [6.07, 6.45) is -2.80. The van der Waals surface area contributed by atoms with Crippen LogP contribution in [0.15, 0.2) is 69.2 Å². The van der Waals surface area contributed by atoms with Crippen LogP contribution in [0.2, 0.25) is 0 Å². The Balaban J connectivity index is 1.76. The molecule has 2 aromatic carbocycles. The van der Waals surface area contributed by atoms with Gasteiger partial charge in [0.05, 0.1) is 16.1 Å². The minimum Gasteiger partial charge on any atom is -0.493 e. The summed E-state index contributed by atoms with van der Waals surface area (Å²) in [7, 11) is 0. The predicted octanol–water partition coefficient (Wildman–Crippen LogP) is 4.72. The van der Waals surface area contributed by atoms with Crippen molar-refractivity contribution in [1.29, 1.82) is 0 Å². The molecule has 0 amide bonds. The average Bonchev–Trinajstić information content (AvgIpc) is 3.31. The second kappa shape index (κ2) is 7.33. The summed E-state index contributed by atoms with van der Waals surface area (Å²) in [4.78, 5) is 0.424. The standard InChI is InChI=1S/C18H10F3N5OS2/c19-18(20,21)12-2-1-3-13(9-12)26-16(27)14(29-17(26)28)8-10-4-6-11(7-5-10)15-22-24-25-23-15/h1-9,27H.